The highest BCUT2D eigenvalue weighted by molar-refractivity contribution is 5.27. The number of hydrogen-bond acceptors (Lipinski definition) is 3. The molecule has 0 radical (unpaired) electrons. The summed E-state index contributed by atoms with van der Waals surface area (Å²) in [4.78, 5) is 0. The van der Waals surface area contributed by atoms with Gasteiger partial charge >= 0.3 is 0 Å². The van der Waals surface area contributed by atoms with Gasteiger partial charge in [-0.05, 0) is 37.0 Å². The SMILES string of the molecule is CC(C)NCc1ccc(OCCOC2CCC2)cc1. The van der Waals surface area contributed by atoms with Gasteiger partial charge in [-0.2, -0.15) is 0 Å². The van der Waals surface area contributed by atoms with Gasteiger partial charge in [0.15, 0.2) is 0 Å². The summed E-state index contributed by atoms with van der Waals surface area (Å²) in [6.45, 7) is 6.54. The van der Waals surface area contributed by atoms with Crippen LogP contribution in [0.15, 0.2) is 24.3 Å². The molecule has 0 saturated heterocycles. The number of benzene rings is 1. The highest BCUT2D eigenvalue weighted by Gasteiger charge is 2.17. The van der Waals surface area contributed by atoms with Crippen LogP contribution in [0.3, 0.4) is 0 Å². The minimum absolute atomic E-state index is 0.494. The number of hydrogen-bond donors (Lipinski definition) is 1. The van der Waals surface area contributed by atoms with Crippen molar-refractivity contribution < 1.29 is 9.47 Å². The van der Waals surface area contributed by atoms with Gasteiger partial charge in [0.25, 0.3) is 0 Å². The first kappa shape index (κ1) is 14.4. The van der Waals surface area contributed by atoms with Gasteiger partial charge in [0.1, 0.15) is 12.4 Å². The Morgan fingerprint density at radius 3 is 2.47 bits per heavy atom. The molecule has 1 aromatic carbocycles. The van der Waals surface area contributed by atoms with Crippen LogP contribution < -0.4 is 10.1 Å². The van der Waals surface area contributed by atoms with E-state index in [2.05, 4.69) is 31.3 Å². The number of nitrogens with one attached hydrogen (secondary N) is 1. The molecule has 0 spiro atoms. The standard InChI is InChI=1S/C16H25NO2/c1-13(2)17-12-14-6-8-16(9-7-14)19-11-10-18-15-4-3-5-15/h6-9,13,15,17H,3-5,10-12H2,1-2H3. The Morgan fingerprint density at radius 2 is 1.89 bits per heavy atom. The van der Waals surface area contributed by atoms with Gasteiger partial charge < -0.3 is 14.8 Å². The third-order valence-electron chi connectivity index (χ3n) is 3.40. The Morgan fingerprint density at radius 1 is 1.16 bits per heavy atom. The summed E-state index contributed by atoms with van der Waals surface area (Å²) in [6, 6.07) is 8.79. The molecule has 0 heterocycles. The molecule has 0 unspecified atom stereocenters. The van der Waals surface area contributed by atoms with Crippen LogP contribution in [0, 0.1) is 0 Å². The zero-order valence-electron chi connectivity index (χ0n) is 12.0. The lowest BCUT2D eigenvalue weighted by Gasteiger charge is -2.25. The molecule has 19 heavy (non-hydrogen) atoms. The van der Waals surface area contributed by atoms with Crippen LogP contribution in [0.4, 0.5) is 0 Å². The van der Waals surface area contributed by atoms with E-state index in [1.807, 2.05) is 12.1 Å². The molecule has 1 aliphatic carbocycles. The fraction of sp³-hybridized carbons (Fsp3) is 0.625. The Labute approximate surface area is 116 Å². The summed E-state index contributed by atoms with van der Waals surface area (Å²) in [5, 5.41) is 3.40. The van der Waals surface area contributed by atoms with Crippen molar-refractivity contribution in [3.8, 4) is 5.75 Å². The van der Waals surface area contributed by atoms with Crippen molar-refractivity contribution >= 4 is 0 Å². The summed E-state index contributed by atoms with van der Waals surface area (Å²) in [7, 11) is 0. The second-order valence-corrected chi connectivity index (χ2v) is 5.45. The molecule has 1 aromatic rings. The summed E-state index contributed by atoms with van der Waals surface area (Å²) in [5.74, 6) is 0.922. The molecular formula is C16H25NO2. The molecule has 0 bridgehead atoms. The van der Waals surface area contributed by atoms with Crippen LogP contribution in [-0.2, 0) is 11.3 Å². The molecule has 2 rings (SSSR count). The Hall–Kier alpha value is -1.06. The molecule has 1 fully saturated rings. The zero-order chi connectivity index (χ0) is 13.5. The predicted molar refractivity (Wildman–Crippen MR) is 77.5 cm³/mol. The van der Waals surface area contributed by atoms with Crippen LogP contribution >= 0.6 is 0 Å². The Balaban J connectivity index is 1.63. The summed E-state index contributed by atoms with van der Waals surface area (Å²) in [5.41, 5.74) is 1.28. The van der Waals surface area contributed by atoms with Crippen molar-refractivity contribution in [3.63, 3.8) is 0 Å². The molecule has 0 atom stereocenters. The minimum Gasteiger partial charge on any atom is -0.491 e. The maximum Gasteiger partial charge on any atom is 0.119 e. The summed E-state index contributed by atoms with van der Waals surface area (Å²) in [6.07, 6.45) is 4.25. The quantitative estimate of drug-likeness (QED) is 0.731. The molecule has 0 aliphatic heterocycles. The van der Waals surface area contributed by atoms with Gasteiger partial charge in [-0.3, -0.25) is 0 Å². The monoisotopic (exact) mass is 263 g/mol. The van der Waals surface area contributed by atoms with Crippen molar-refractivity contribution in [1.29, 1.82) is 0 Å². The molecule has 1 aliphatic rings. The number of ether oxygens (including phenoxy) is 2. The molecule has 106 valence electrons. The maximum atomic E-state index is 5.66. The van der Waals surface area contributed by atoms with E-state index in [0.717, 1.165) is 12.3 Å². The lowest BCUT2D eigenvalue weighted by Crippen LogP contribution is -2.23. The Kier molecular flexibility index (Phi) is 5.67. The van der Waals surface area contributed by atoms with Gasteiger partial charge in [-0.15, -0.1) is 0 Å². The van der Waals surface area contributed by atoms with Gasteiger partial charge in [0, 0.05) is 12.6 Å². The summed E-state index contributed by atoms with van der Waals surface area (Å²) < 4.78 is 11.3. The highest BCUT2D eigenvalue weighted by atomic mass is 16.5. The predicted octanol–water partition coefficient (Wildman–Crippen LogP) is 3.13. The van der Waals surface area contributed by atoms with Crippen molar-refractivity contribution in [2.75, 3.05) is 13.2 Å². The lowest BCUT2D eigenvalue weighted by atomic mass is 9.96. The van der Waals surface area contributed by atoms with Gasteiger partial charge in [0.05, 0.1) is 12.7 Å². The van der Waals surface area contributed by atoms with E-state index >= 15 is 0 Å². The van der Waals surface area contributed by atoms with E-state index in [1.165, 1.54) is 24.8 Å². The average Bonchev–Trinajstić information content (AvgIpc) is 2.35. The topological polar surface area (TPSA) is 30.5 Å². The van der Waals surface area contributed by atoms with Crippen LogP contribution in [-0.4, -0.2) is 25.4 Å². The molecule has 0 aromatic heterocycles. The first-order chi connectivity index (χ1) is 9.24. The van der Waals surface area contributed by atoms with E-state index in [0.29, 0.717) is 25.4 Å². The molecule has 3 nitrogen and oxygen atoms in total. The molecule has 1 saturated carbocycles. The van der Waals surface area contributed by atoms with Crippen LogP contribution in [0.2, 0.25) is 0 Å². The van der Waals surface area contributed by atoms with E-state index in [4.69, 9.17) is 9.47 Å². The molecular weight excluding hydrogens is 238 g/mol. The van der Waals surface area contributed by atoms with Crippen molar-refractivity contribution in [3.05, 3.63) is 29.8 Å². The number of rotatable bonds is 8. The summed E-state index contributed by atoms with van der Waals surface area (Å²) >= 11 is 0. The third-order valence-corrected chi connectivity index (χ3v) is 3.40. The molecule has 0 amide bonds. The van der Waals surface area contributed by atoms with Crippen LogP contribution in [0.25, 0.3) is 0 Å². The third kappa shape index (κ3) is 5.21. The minimum atomic E-state index is 0.494. The fourth-order valence-corrected chi connectivity index (χ4v) is 1.94. The normalized spacial score (nSPS) is 15.5. The highest BCUT2D eigenvalue weighted by Crippen LogP contribution is 2.21. The van der Waals surface area contributed by atoms with E-state index < -0.39 is 0 Å². The van der Waals surface area contributed by atoms with Crippen molar-refractivity contribution in [2.24, 2.45) is 0 Å². The van der Waals surface area contributed by atoms with E-state index in [1.54, 1.807) is 0 Å². The lowest BCUT2D eigenvalue weighted by molar-refractivity contribution is -0.0103. The zero-order valence-corrected chi connectivity index (χ0v) is 12.0. The van der Waals surface area contributed by atoms with Gasteiger partial charge in [-0.1, -0.05) is 26.0 Å². The van der Waals surface area contributed by atoms with Crippen molar-refractivity contribution in [1.82, 2.24) is 5.32 Å². The van der Waals surface area contributed by atoms with E-state index in [9.17, 15) is 0 Å². The molecule has 1 N–H and O–H groups in total. The molecule has 3 heteroatoms. The largest absolute Gasteiger partial charge is 0.491 e. The second-order valence-electron chi connectivity index (χ2n) is 5.45. The van der Waals surface area contributed by atoms with Crippen LogP contribution in [0.5, 0.6) is 5.75 Å². The maximum absolute atomic E-state index is 5.66. The average molecular weight is 263 g/mol. The van der Waals surface area contributed by atoms with Crippen LogP contribution in [0.1, 0.15) is 38.7 Å². The second kappa shape index (κ2) is 7.51. The Bertz CT molecular complexity index is 358. The van der Waals surface area contributed by atoms with E-state index in [-0.39, 0.29) is 0 Å². The smallest absolute Gasteiger partial charge is 0.119 e. The fourth-order valence-electron chi connectivity index (χ4n) is 1.94. The first-order valence-electron chi connectivity index (χ1n) is 7.31. The van der Waals surface area contributed by atoms with Crippen molar-refractivity contribution in [2.45, 2.75) is 51.8 Å². The van der Waals surface area contributed by atoms with Gasteiger partial charge in [0.2, 0.25) is 0 Å². The van der Waals surface area contributed by atoms with Gasteiger partial charge in [-0.25, -0.2) is 0 Å². The first-order valence-corrected chi connectivity index (χ1v) is 7.31.